The van der Waals surface area contributed by atoms with Crippen molar-refractivity contribution >= 4 is 11.3 Å². The normalized spacial score (nSPS) is 12.9. The van der Waals surface area contributed by atoms with Crippen molar-refractivity contribution in [1.82, 2.24) is 20.0 Å². The second-order valence-electron chi connectivity index (χ2n) is 3.84. The summed E-state index contributed by atoms with van der Waals surface area (Å²) in [4.78, 5) is 8.81. The van der Waals surface area contributed by atoms with Crippen LogP contribution >= 0.6 is 11.3 Å². The molecule has 2 heterocycles. The highest BCUT2D eigenvalue weighted by Crippen LogP contribution is 2.19. The van der Waals surface area contributed by atoms with Gasteiger partial charge in [-0.3, -0.25) is 11.3 Å². The summed E-state index contributed by atoms with van der Waals surface area (Å²) < 4.78 is 2.11. The fourth-order valence-electron chi connectivity index (χ4n) is 1.79. The highest BCUT2D eigenvalue weighted by atomic mass is 32.1. The Balaban J connectivity index is 2.15. The van der Waals surface area contributed by atoms with Gasteiger partial charge < -0.3 is 4.57 Å². The van der Waals surface area contributed by atoms with E-state index in [1.807, 2.05) is 24.7 Å². The fourth-order valence-corrected chi connectivity index (χ4v) is 2.46. The topological polar surface area (TPSA) is 68.8 Å². The molecule has 1 atom stereocenters. The van der Waals surface area contributed by atoms with E-state index in [0.717, 1.165) is 29.5 Å². The average Bonchev–Trinajstić information content (AvgIpc) is 2.94. The summed E-state index contributed by atoms with van der Waals surface area (Å²) >= 11 is 1.64. The standard InChI is InChI=1S/C11H17N5S/c1-3-16-5-4-13-11(16)6-9(15-12)10-7-17-8(2)14-10/h4-5,7,9,15H,3,6,12H2,1-2H3. The molecule has 0 aliphatic rings. The molecule has 5 nitrogen and oxygen atoms in total. The lowest BCUT2D eigenvalue weighted by Gasteiger charge is -2.13. The van der Waals surface area contributed by atoms with Crippen molar-refractivity contribution < 1.29 is 0 Å². The van der Waals surface area contributed by atoms with Crippen molar-refractivity contribution in [3.05, 3.63) is 34.3 Å². The number of nitrogens with two attached hydrogens (primary N) is 1. The van der Waals surface area contributed by atoms with Gasteiger partial charge >= 0.3 is 0 Å². The van der Waals surface area contributed by atoms with Gasteiger partial charge in [0, 0.05) is 30.7 Å². The zero-order valence-corrected chi connectivity index (χ0v) is 10.9. The Labute approximate surface area is 105 Å². The predicted octanol–water partition coefficient (Wildman–Crippen LogP) is 1.42. The van der Waals surface area contributed by atoms with Gasteiger partial charge in [-0.2, -0.15) is 0 Å². The minimum atomic E-state index is 0.0210. The van der Waals surface area contributed by atoms with E-state index < -0.39 is 0 Å². The first-order valence-corrected chi connectivity index (χ1v) is 6.50. The molecule has 0 saturated heterocycles. The molecule has 0 saturated carbocycles. The Bertz CT molecular complexity index is 476. The van der Waals surface area contributed by atoms with Crippen LogP contribution in [0.1, 0.15) is 29.5 Å². The second-order valence-corrected chi connectivity index (χ2v) is 4.91. The van der Waals surface area contributed by atoms with Gasteiger partial charge in [0.15, 0.2) is 0 Å². The number of imidazole rings is 1. The summed E-state index contributed by atoms with van der Waals surface area (Å²) in [5, 5.41) is 3.10. The SMILES string of the molecule is CCn1ccnc1CC(NN)c1csc(C)n1. The number of hydrogen-bond donors (Lipinski definition) is 2. The van der Waals surface area contributed by atoms with Gasteiger partial charge in [0.2, 0.25) is 0 Å². The fraction of sp³-hybridized carbons (Fsp3) is 0.455. The Morgan fingerprint density at radius 2 is 2.41 bits per heavy atom. The number of rotatable bonds is 5. The van der Waals surface area contributed by atoms with E-state index in [-0.39, 0.29) is 6.04 Å². The Hall–Kier alpha value is -1.24. The van der Waals surface area contributed by atoms with Crippen molar-refractivity contribution in [2.45, 2.75) is 32.9 Å². The van der Waals surface area contributed by atoms with Crippen LogP contribution in [-0.4, -0.2) is 14.5 Å². The molecule has 0 bridgehead atoms. The van der Waals surface area contributed by atoms with Crippen LogP contribution in [0.15, 0.2) is 17.8 Å². The Morgan fingerprint density at radius 3 is 3.00 bits per heavy atom. The molecule has 0 aliphatic carbocycles. The minimum absolute atomic E-state index is 0.0210. The molecule has 17 heavy (non-hydrogen) atoms. The molecule has 0 fully saturated rings. The number of hydrazine groups is 1. The molecule has 0 radical (unpaired) electrons. The van der Waals surface area contributed by atoms with Gasteiger partial charge in [-0.25, -0.2) is 9.97 Å². The molecule has 2 aromatic rings. The van der Waals surface area contributed by atoms with Crippen LogP contribution in [0.2, 0.25) is 0 Å². The molecule has 2 aromatic heterocycles. The van der Waals surface area contributed by atoms with E-state index in [9.17, 15) is 0 Å². The minimum Gasteiger partial charge on any atom is -0.335 e. The van der Waals surface area contributed by atoms with Crippen molar-refractivity contribution in [1.29, 1.82) is 0 Å². The van der Waals surface area contributed by atoms with Gasteiger partial charge in [-0.15, -0.1) is 11.3 Å². The maximum atomic E-state index is 5.60. The Kier molecular flexibility index (Phi) is 3.88. The number of nitrogens with zero attached hydrogens (tertiary/aromatic N) is 3. The lowest BCUT2D eigenvalue weighted by molar-refractivity contribution is 0.513. The van der Waals surface area contributed by atoms with E-state index in [1.54, 1.807) is 11.3 Å². The molecule has 92 valence electrons. The molecule has 2 rings (SSSR count). The highest BCUT2D eigenvalue weighted by Gasteiger charge is 2.16. The van der Waals surface area contributed by atoms with E-state index in [0.29, 0.717) is 0 Å². The lowest BCUT2D eigenvalue weighted by atomic mass is 10.1. The molecule has 3 N–H and O–H groups in total. The third kappa shape index (κ3) is 2.71. The first kappa shape index (κ1) is 12.2. The zero-order valence-electron chi connectivity index (χ0n) is 10.1. The first-order valence-electron chi connectivity index (χ1n) is 5.62. The molecular formula is C11H17N5S. The van der Waals surface area contributed by atoms with E-state index in [4.69, 9.17) is 5.84 Å². The number of hydrogen-bond acceptors (Lipinski definition) is 5. The van der Waals surface area contributed by atoms with Crippen LogP contribution in [0, 0.1) is 6.92 Å². The van der Waals surface area contributed by atoms with Gasteiger partial charge in [-0.1, -0.05) is 0 Å². The molecule has 1 unspecified atom stereocenters. The van der Waals surface area contributed by atoms with Gasteiger partial charge in [0.25, 0.3) is 0 Å². The number of thiazole rings is 1. The average molecular weight is 251 g/mol. The third-order valence-electron chi connectivity index (χ3n) is 2.72. The van der Waals surface area contributed by atoms with Crippen LogP contribution in [0.3, 0.4) is 0 Å². The molecule has 0 aliphatic heterocycles. The summed E-state index contributed by atoms with van der Waals surface area (Å²) in [6, 6.07) is 0.0210. The van der Waals surface area contributed by atoms with Crippen LogP contribution in [-0.2, 0) is 13.0 Å². The molecular weight excluding hydrogens is 234 g/mol. The smallest absolute Gasteiger partial charge is 0.110 e. The van der Waals surface area contributed by atoms with Crippen LogP contribution in [0.25, 0.3) is 0 Å². The Morgan fingerprint density at radius 1 is 1.59 bits per heavy atom. The largest absolute Gasteiger partial charge is 0.335 e. The maximum absolute atomic E-state index is 5.60. The summed E-state index contributed by atoms with van der Waals surface area (Å²) in [6.07, 6.45) is 4.55. The molecule has 6 heteroatoms. The van der Waals surface area contributed by atoms with Gasteiger partial charge in [0.05, 0.1) is 16.7 Å². The van der Waals surface area contributed by atoms with Crippen LogP contribution in [0.5, 0.6) is 0 Å². The molecule has 0 spiro atoms. The summed E-state index contributed by atoms with van der Waals surface area (Å²) in [5.41, 5.74) is 3.80. The van der Waals surface area contributed by atoms with E-state index in [1.165, 1.54) is 0 Å². The van der Waals surface area contributed by atoms with Crippen molar-refractivity contribution in [3.8, 4) is 0 Å². The van der Waals surface area contributed by atoms with Crippen molar-refractivity contribution in [2.75, 3.05) is 0 Å². The maximum Gasteiger partial charge on any atom is 0.110 e. The van der Waals surface area contributed by atoms with Gasteiger partial charge in [0.1, 0.15) is 5.82 Å². The van der Waals surface area contributed by atoms with Crippen LogP contribution in [0.4, 0.5) is 0 Å². The summed E-state index contributed by atoms with van der Waals surface area (Å²) in [5.74, 6) is 6.63. The summed E-state index contributed by atoms with van der Waals surface area (Å²) in [7, 11) is 0. The lowest BCUT2D eigenvalue weighted by Crippen LogP contribution is -2.30. The first-order chi connectivity index (χ1) is 8.24. The van der Waals surface area contributed by atoms with E-state index in [2.05, 4.69) is 26.9 Å². The number of aromatic nitrogens is 3. The molecule has 0 amide bonds. The quantitative estimate of drug-likeness (QED) is 0.623. The van der Waals surface area contributed by atoms with Gasteiger partial charge in [-0.05, 0) is 13.8 Å². The number of aryl methyl sites for hydroxylation is 2. The third-order valence-corrected chi connectivity index (χ3v) is 3.52. The summed E-state index contributed by atoms with van der Waals surface area (Å²) in [6.45, 7) is 5.01. The van der Waals surface area contributed by atoms with Crippen molar-refractivity contribution in [2.24, 2.45) is 5.84 Å². The monoisotopic (exact) mass is 251 g/mol. The van der Waals surface area contributed by atoms with E-state index >= 15 is 0 Å². The highest BCUT2D eigenvalue weighted by molar-refractivity contribution is 7.09. The second kappa shape index (κ2) is 5.39. The predicted molar refractivity (Wildman–Crippen MR) is 68.5 cm³/mol. The van der Waals surface area contributed by atoms with Crippen LogP contribution < -0.4 is 11.3 Å². The molecule has 0 aromatic carbocycles. The zero-order chi connectivity index (χ0) is 12.3. The number of nitrogens with one attached hydrogen (secondary N) is 1. The van der Waals surface area contributed by atoms with Crippen molar-refractivity contribution in [3.63, 3.8) is 0 Å².